The van der Waals surface area contributed by atoms with Crippen molar-refractivity contribution in [2.24, 2.45) is 10.1 Å². The minimum atomic E-state index is -0.610. The van der Waals surface area contributed by atoms with E-state index in [0.717, 1.165) is 38.5 Å². The van der Waals surface area contributed by atoms with E-state index in [4.69, 9.17) is 9.73 Å². The summed E-state index contributed by atoms with van der Waals surface area (Å²) in [4.78, 5) is 29.4. The van der Waals surface area contributed by atoms with Crippen LogP contribution in [0.25, 0.3) is 0 Å². The first-order valence-electron chi connectivity index (χ1n) is 11.1. The van der Waals surface area contributed by atoms with Crippen LogP contribution in [0.2, 0.25) is 0 Å². The van der Waals surface area contributed by atoms with E-state index in [9.17, 15) is 9.59 Å². The van der Waals surface area contributed by atoms with Gasteiger partial charge in [-0.25, -0.2) is 15.2 Å². The second kappa shape index (κ2) is 11.5. The number of hydrogen-bond donors (Lipinski definition) is 2. The topological polar surface area (TPSA) is 92.2 Å². The standard InChI is InChI=1S/C23H32N4O3/c1-17(26-27-21(28)18-11-5-2-6-12-18)22(29)30-23(24-19-13-7-3-8-14-19)25-20-15-9-4-10-16-20/h2,5-6,11-12,19-20H,3-4,7-10,13-16H2,1H3,(H,24,25)(H,27,28). The lowest BCUT2D eigenvalue weighted by atomic mass is 9.95. The van der Waals surface area contributed by atoms with Crippen molar-refractivity contribution < 1.29 is 14.3 Å². The highest BCUT2D eigenvalue weighted by atomic mass is 16.6. The average molecular weight is 413 g/mol. The van der Waals surface area contributed by atoms with Gasteiger partial charge in [0.15, 0.2) is 0 Å². The van der Waals surface area contributed by atoms with Gasteiger partial charge in [0.05, 0.1) is 6.04 Å². The number of ether oxygens (including phenoxy) is 1. The molecule has 2 aliphatic carbocycles. The number of benzene rings is 1. The van der Waals surface area contributed by atoms with Crippen molar-refractivity contribution >= 4 is 23.6 Å². The van der Waals surface area contributed by atoms with Gasteiger partial charge in [0.2, 0.25) is 0 Å². The number of amides is 1. The molecule has 0 radical (unpaired) electrons. The maximum atomic E-state index is 12.6. The molecule has 1 aromatic rings. The lowest BCUT2D eigenvalue weighted by Gasteiger charge is -2.25. The van der Waals surface area contributed by atoms with E-state index >= 15 is 0 Å². The van der Waals surface area contributed by atoms with Crippen molar-refractivity contribution in [1.82, 2.24) is 10.7 Å². The Morgan fingerprint density at radius 1 is 0.933 bits per heavy atom. The quantitative estimate of drug-likeness (QED) is 0.332. The Hall–Kier alpha value is -2.70. The summed E-state index contributed by atoms with van der Waals surface area (Å²) in [6, 6.07) is 9.49. The molecule has 2 aliphatic rings. The zero-order chi connectivity index (χ0) is 21.2. The highest BCUT2D eigenvalue weighted by Crippen LogP contribution is 2.21. The van der Waals surface area contributed by atoms with Crippen LogP contribution in [0.5, 0.6) is 0 Å². The summed E-state index contributed by atoms with van der Waals surface area (Å²) in [5, 5.41) is 7.25. The number of aliphatic imine (C=N–C) groups is 1. The fourth-order valence-electron chi connectivity index (χ4n) is 3.89. The van der Waals surface area contributed by atoms with E-state index in [2.05, 4.69) is 15.8 Å². The number of carbonyl (C=O) groups excluding carboxylic acids is 2. The second-order valence-electron chi connectivity index (χ2n) is 8.10. The summed E-state index contributed by atoms with van der Waals surface area (Å²) in [7, 11) is 0. The van der Waals surface area contributed by atoms with E-state index in [1.54, 1.807) is 24.3 Å². The molecule has 0 bridgehead atoms. The molecule has 7 nitrogen and oxygen atoms in total. The van der Waals surface area contributed by atoms with Crippen molar-refractivity contribution in [2.45, 2.75) is 83.2 Å². The molecule has 1 aromatic carbocycles. The monoisotopic (exact) mass is 412 g/mol. The van der Waals surface area contributed by atoms with Gasteiger partial charge in [-0.3, -0.25) is 4.79 Å². The normalized spacial score (nSPS) is 19.2. The number of hydrazone groups is 1. The Labute approximate surface area is 178 Å². The van der Waals surface area contributed by atoms with Gasteiger partial charge in [-0.1, -0.05) is 56.7 Å². The van der Waals surface area contributed by atoms with Crippen molar-refractivity contribution in [3.8, 4) is 0 Å². The van der Waals surface area contributed by atoms with E-state index in [1.807, 2.05) is 6.07 Å². The minimum Gasteiger partial charge on any atom is -0.388 e. The Kier molecular flexibility index (Phi) is 8.41. The molecule has 0 atom stereocenters. The van der Waals surface area contributed by atoms with Crippen LogP contribution in [-0.4, -0.2) is 35.7 Å². The minimum absolute atomic E-state index is 0.0704. The predicted molar refractivity (Wildman–Crippen MR) is 117 cm³/mol. The van der Waals surface area contributed by atoms with Crippen LogP contribution in [0.15, 0.2) is 40.4 Å². The molecule has 0 aliphatic heterocycles. The van der Waals surface area contributed by atoms with Gasteiger partial charge < -0.3 is 10.1 Å². The van der Waals surface area contributed by atoms with Crippen LogP contribution in [0.4, 0.5) is 0 Å². The summed E-state index contributed by atoms with van der Waals surface area (Å²) in [5.74, 6) is -0.986. The first kappa shape index (κ1) is 22.0. The highest BCUT2D eigenvalue weighted by molar-refractivity contribution is 6.37. The fraction of sp³-hybridized carbons (Fsp3) is 0.565. The van der Waals surface area contributed by atoms with Crippen LogP contribution in [0.1, 0.15) is 81.5 Å². The van der Waals surface area contributed by atoms with Crippen LogP contribution in [0, 0.1) is 0 Å². The van der Waals surface area contributed by atoms with Gasteiger partial charge in [-0.05, 0) is 44.7 Å². The maximum Gasteiger partial charge on any atom is 0.361 e. The van der Waals surface area contributed by atoms with Crippen molar-refractivity contribution in [2.75, 3.05) is 0 Å². The van der Waals surface area contributed by atoms with Crippen LogP contribution in [0.3, 0.4) is 0 Å². The van der Waals surface area contributed by atoms with E-state index in [0.29, 0.717) is 11.6 Å². The molecule has 0 aromatic heterocycles. The number of hydrogen-bond acceptors (Lipinski definition) is 5. The summed E-state index contributed by atoms with van der Waals surface area (Å²) in [6.07, 6.45) is 11.3. The average Bonchev–Trinajstić information content (AvgIpc) is 2.79. The van der Waals surface area contributed by atoms with Crippen LogP contribution < -0.4 is 10.7 Å². The molecule has 3 rings (SSSR count). The Balaban J connectivity index is 1.61. The number of amidine groups is 1. The van der Waals surface area contributed by atoms with E-state index in [-0.39, 0.29) is 23.7 Å². The smallest absolute Gasteiger partial charge is 0.361 e. The third-order valence-corrected chi connectivity index (χ3v) is 5.65. The molecule has 2 saturated carbocycles. The van der Waals surface area contributed by atoms with Crippen LogP contribution in [-0.2, 0) is 9.53 Å². The molecule has 0 spiro atoms. The molecule has 0 saturated heterocycles. The van der Waals surface area contributed by atoms with Crippen molar-refractivity contribution in [1.29, 1.82) is 0 Å². The highest BCUT2D eigenvalue weighted by Gasteiger charge is 2.21. The first-order chi connectivity index (χ1) is 14.6. The number of carbonyl (C=O) groups is 2. The number of nitrogens with one attached hydrogen (secondary N) is 2. The van der Waals surface area contributed by atoms with Crippen molar-refractivity contribution in [3.63, 3.8) is 0 Å². The van der Waals surface area contributed by atoms with Gasteiger partial charge in [-0.15, -0.1) is 0 Å². The maximum absolute atomic E-state index is 12.6. The molecule has 2 N–H and O–H groups in total. The zero-order valence-electron chi connectivity index (χ0n) is 17.7. The Morgan fingerprint density at radius 3 is 2.23 bits per heavy atom. The van der Waals surface area contributed by atoms with E-state index < -0.39 is 5.97 Å². The number of nitrogens with zero attached hydrogens (tertiary/aromatic N) is 2. The molecule has 0 heterocycles. The summed E-state index contributed by atoms with van der Waals surface area (Å²) < 4.78 is 5.57. The second-order valence-corrected chi connectivity index (χ2v) is 8.10. The molecular formula is C23H32N4O3. The molecule has 1 amide bonds. The zero-order valence-corrected chi connectivity index (χ0v) is 17.7. The number of esters is 1. The van der Waals surface area contributed by atoms with Gasteiger partial charge in [0.1, 0.15) is 5.71 Å². The number of rotatable bonds is 5. The van der Waals surface area contributed by atoms with Crippen LogP contribution >= 0.6 is 0 Å². The largest absolute Gasteiger partial charge is 0.388 e. The third kappa shape index (κ3) is 6.97. The molecule has 162 valence electrons. The molecule has 30 heavy (non-hydrogen) atoms. The summed E-state index contributed by atoms with van der Waals surface area (Å²) >= 11 is 0. The molecular weight excluding hydrogens is 380 g/mol. The van der Waals surface area contributed by atoms with Gasteiger partial charge in [0.25, 0.3) is 11.9 Å². The SMILES string of the molecule is CC(=NNC(=O)c1ccccc1)C(=O)OC(=NC1CCCCC1)NC1CCCCC1. The molecule has 0 unspecified atom stereocenters. The molecule has 2 fully saturated rings. The lowest BCUT2D eigenvalue weighted by Crippen LogP contribution is -2.40. The first-order valence-corrected chi connectivity index (χ1v) is 11.1. The Bertz CT molecular complexity index is 764. The van der Waals surface area contributed by atoms with Gasteiger partial charge in [0, 0.05) is 11.6 Å². The van der Waals surface area contributed by atoms with Gasteiger partial charge in [-0.2, -0.15) is 5.10 Å². The summed E-state index contributed by atoms with van der Waals surface area (Å²) in [6.45, 7) is 1.52. The van der Waals surface area contributed by atoms with E-state index in [1.165, 1.54) is 32.6 Å². The lowest BCUT2D eigenvalue weighted by molar-refractivity contribution is -0.128. The van der Waals surface area contributed by atoms with Gasteiger partial charge >= 0.3 is 5.97 Å². The van der Waals surface area contributed by atoms with Crippen molar-refractivity contribution in [3.05, 3.63) is 35.9 Å². The molecule has 7 heteroatoms. The Morgan fingerprint density at radius 2 is 1.57 bits per heavy atom. The third-order valence-electron chi connectivity index (χ3n) is 5.65. The fourth-order valence-corrected chi connectivity index (χ4v) is 3.89. The summed E-state index contributed by atoms with van der Waals surface area (Å²) in [5.41, 5.74) is 2.95. The predicted octanol–water partition coefficient (Wildman–Crippen LogP) is 3.95.